The first-order valence-corrected chi connectivity index (χ1v) is 6.31. The molecule has 0 aliphatic rings. The summed E-state index contributed by atoms with van der Waals surface area (Å²) in [6, 6.07) is 4.00. The van der Waals surface area contributed by atoms with Crippen molar-refractivity contribution in [2.45, 2.75) is 26.4 Å². The average Bonchev–Trinajstić information content (AvgIpc) is 2.38. The Morgan fingerprint density at radius 2 is 2.25 bits per heavy atom. The van der Waals surface area contributed by atoms with E-state index in [1.165, 1.54) is 25.1 Å². The molecule has 0 aliphatic carbocycles. The Bertz CT molecular complexity index is 488. The van der Waals surface area contributed by atoms with E-state index in [0.717, 1.165) is 0 Å². The number of ether oxygens (including phenoxy) is 1. The number of hydrogen-bond acceptors (Lipinski definition) is 5. The second kappa shape index (κ2) is 7.44. The fourth-order valence-electron chi connectivity index (χ4n) is 1.65. The van der Waals surface area contributed by atoms with Gasteiger partial charge in [-0.3, -0.25) is 14.9 Å². The highest BCUT2D eigenvalue weighted by Gasteiger charge is 2.15. The number of aliphatic hydroxyl groups is 1. The molecule has 0 spiro atoms. The normalized spacial score (nSPS) is 11.8. The fraction of sp³-hybridized carbons (Fsp3) is 0.462. The Balaban J connectivity index is 2.74. The van der Waals surface area contributed by atoms with Crippen molar-refractivity contribution < 1.29 is 19.6 Å². The van der Waals surface area contributed by atoms with Crippen LogP contribution in [0.25, 0.3) is 0 Å². The lowest BCUT2D eigenvalue weighted by Gasteiger charge is -2.13. The Labute approximate surface area is 116 Å². The van der Waals surface area contributed by atoms with Crippen molar-refractivity contribution in [1.29, 1.82) is 0 Å². The number of nitrogens with zero attached hydrogens (tertiary/aromatic N) is 1. The van der Waals surface area contributed by atoms with Crippen LogP contribution in [-0.4, -0.2) is 29.1 Å². The maximum atomic E-state index is 11.3. The molecule has 0 fully saturated rings. The molecule has 0 saturated heterocycles. The molecule has 0 saturated carbocycles. The van der Waals surface area contributed by atoms with Gasteiger partial charge in [-0.25, -0.2) is 0 Å². The van der Waals surface area contributed by atoms with Gasteiger partial charge in [-0.1, -0.05) is 0 Å². The first-order chi connectivity index (χ1) is 9.45. The van der Waals surface area contributed by atoms with Crippen LogP contribution in [0.3, 0.4) is 0 Å². The van der Waals surface area contributed by atoms with Crippen LogP contribution in [0.2, 0.25) is 0 Å². The standard InChI is InChI=1S/C13H18N2O5/c1-3-14-13(17)6-7-20-12-5-4-10(15(18)19)8-11(12)9(2)16/h4-5,8-9,16H,3,6-7H2,1-2H3,(H,14,17). The molecule has 7 heteroatoms. The molecule has 0 aliphatic heterocycles. The molecule has 0 radical (unpaired) electrons. The van der Waals surface area contributed by atoms with Crippen LogP contribution >= 0.6 is 0 Å². The Morgan fingerprint density at radius 1 is 1.55 bits per heavy atom. The summed E-state index contributed by atoms with van der Waals surface area (Å²) in [7, 11) is 0. The molecule has 1 unspecified atom stereocenters. The number of nitro groups is 1. The summed E-state index contributed by atoms with van der Waals surface area (Å²) in [4.78, 5) is 21.4. The second-order valence-electron chi connectivity index (χ2n) is 4.21. The Hall–Kier alpha value is -2.15. The molecule has 7 nitrogen and oxygen atoms in total. The van der Waals surface area contributed by atoms with E-state index in [9.17, 15) is 20.0 Å². The van der Waals surface area contributed by atoms with Crippen LogP contribution < -0.4 is 10.1 Å². The summed E-state index contributed by atoms with van der Waals surface area (Å²) in [5.41, 5.74) is 0.215. The smallest absolute Gasteiger partial charge is 0.270 e. The highest BCUT2D eigenvalue weighted by molar-refractivity contribution is 5.75. The molecule has 2 N–H and O–H groups in total. The summed E-state index contributed by atoms with van der Waals surface area (Å²) < 4.78 is 5.41. The number of non-ortho nitro benzene ring substituents is 1. The number of aliphatic hydroxyl groups excluding tert-OH is 1. The van der Waals surface area contributed by atoms with Gasteiger partial charge in [0.15, 0.2) is 0 Å². The third-order valence-electron chi connectivity index (χ3n) is 2.61. The summed E-state index contributed by atoms with van der Waals surface area (Å²) >= 11 is 0. The predicted octanol–water partition coefficient (Wildman–Crippen LogP) is 1.55. The SMILES string of the molecule is CCNC(=O)CCOc1ccc([N+](=O)[O-])cc1C(C)O. The minimum atomic E-state index is -0.894. The molecule has 1 aromatic carbocycles. The van der Waals surface area contributed by atoms with Gasteiger partial charge < -0.3 is 15.2 Å². The molecular formula is C13H18N2O5. The molecule has 0 aromatic heterocycles. The molecule has 0 bridgehead atoms. The minimum Gasteiger partial charge on any atom is -0.493 e. The molecule has 1 aromatic rings. The first-order valence-electron chi connectivity index (χ1n) is 6.31. The van der Waals surface area contributed by atoms with E-state index < -0.39 is 11.0 Å². The van der Waals surface area contributed by atoms with Gasteiger partial charge in [0.1, 0.15) is 5.75 Å². The summed E-state index contributed by atoms with van der Waals surface area (Å²) in [5.74, 6) is 0.211. The quantitative estimate of drug-likeness (QED) is 0.583. The molecule has 1 rings (SSSR count). The number of nitrogens with one attached hydrogen (secondary N) is 1. The van der Waals surface area contributed by atoms with Gasteiger partial charge in [-0.2, -0.15) is 0 Å². The average molecular weight is 282 g/mol. The zero-order valence-corrected chi connectivity index (χ0v) is 11.5. The molecule has 20 heavy (non-hydrogen) atoms. The van der Waals surface area contributed by atoms with Crippen LogP contribution in [0.15, 0.2) is 18.2 Å². The molecular weight excluding hydrogens is 264 g/mol. The van der Waals surface area contributed by atoms with Gasteiger partial charge in [0.05, 0.1) is 24.1 Å². The summed E-state index contributed by atoms with van der Waals surface area (Å²) in [5, 5.41) is 22.9. The summed E-state index contributed by atoms with van der Waals surface area (Å²) in [6.07, 6.45) is -0.710. The highest BCUT2D eigenvalue weighted by atomic mass is 16.6. The topological polar surface area (TPSA) is 102 Å². The molecule has 110 valence electrons. The van der Waals surface area contributed by atoms with Crippen LogP contribution in [0, 0.1) is 10.1 Å². The van der Waals surface area contributed by atoms with E-state index in [1.54, 1.807) is 0 Å². The summed E-state index contributed by atoms with van der Waals surface area (Å²) in [6.45, 7) is 4.01. The lowest BCUT2D eigenvalue weighted by atomic mass is 10.1. The number of amides is 1. The van der Waals surface area contributed by atoms with E-state index >= 15 is 0 Å². The largest absolute Gasteiger partial charge is 0.493 e. The van der Waals surface area contributed by atoms with Gasteiger partial charge in [-0.05, 0) is 19.9 Å². The van der Waals surface area contributed by atoms with Crippen LogP contribution in [-0.2, 0) is 4.79 Å². The van der Waals surface area contributed by atoms with E-state index in [4.69, 9.17) is 4.74 Å². The number of rotatable bonds is 7. The van der Waals surface area contributed by atoms with E-state index in [2.05, 4.69) is 5.32 Å². The third kappa shape index (κ3) is 4.51. The lowest BCUT2D eigenvalue weighted by molar-refractivity contribution is -0.385. The maximum Gasteiger partial charge on any atom is 0.270 e. The van der Waals surface area contributed by atoms with E-state index in [1.807, 2.05) is 6.92 Å². The second-order valence-corrected chi connectivity index (χ2v) is 4.21. The molecule has 0 heterocycles. The van der Waals surface area contributed by atoms with Gasteiger partial charge in [0, 0.05) is 24.2 Å². The molecule has 1 atom stereocenters. The fourth-order valence-corrected chi connectivity index (χ4v) is 1.65. The van der Waals surface area contributed by atoms with Crippen molar-refractivity contribution >= 4 is 11.6 Å². The molecule has 1 amide bonds. The highest BCUT2D eigenvalue weighted by Crippen LogP contribution is 2.29. The van der Waals surface area contributed by atoms with Crippen molar-refractivity contribution in [1.82, 2.24) is 5.32 Å². The number of hydrogen-bond donors (Lipinski definition) is 2. The van der Waals surface area contributed by atoms with Gasteiger partial charge in [0.25, 0.3) is 5.69 Å². The number of benzene rings is 1. The monoisotopic (exact) mass is 282 g/mol. The van der Waals surface area contributed by atoms with Gasteiger partial charge in [0.2, 0.25) is 5.91 Å². The third-order valence-corrected chi connectivity index (χ3v) is 2.61. The number of nitro benzene ring substituents is 1. The zero-order valence-electron chi connectivity index (χ0n) is 11.5. The van der Waals surface area contributed by atoms with Gasteiger partial charge in [-0.15, -0.1) is 0 Å². The van der Waals surface area contributed by atoms with Crippen molar-refractivity contribution in [2.75, 3.05) is 13.2 Å². The minimum absolute atomic E-state index is 0.114. The number of carbonyl (C=O) groups is 1. The predicted molar refractivity (Wildman–Crippen MR) is 72.5 cm³/mol. The van der Waals surface area contributed by atoms with Crippen molar-refractivity contribution in [3.63, 3.8) is 0 Å². The van der Waals surface area contributed by atoms with Crippen molar-refractivity contribution in [3.05, 3.63) is 33.9 Å². The van der Waals surface area contributed by atoms with Gasteiger partial charge >= 0.3 is 0 Å². The van der Waals surface area contributed by atoms with Crippen LogP contribution in [0.5, 0.6) is 5.75 Å². The van der Waals surface area contributed by atoms with Crippen molar-refractivity contribution in [3.8, 4) is 5.75 Å². The van der Waals surface area contributed by atoms with E-state index in [0.29, 0.717) is 17.9 Å². The Kier molecular flexibility index (Phi) is 5.92. The van der Waals surface area contributed by atoms with Crippen molar-refractivity contribution in [2.24, 2.45) is 0 Å². The van der Waals surface area contributed by atoms with Crippen LogP contribution in [0.4, 0.5) is 5.69 Å². The Morgan fingerprint density at radius 3 is 2.80 bits per heavy atom. The van der Waals surface area contributed by atoms with E-state index in [-0.39, 0.29) is 24.6 Å². The lowest BCUT2D eigenvalue weighted by Crippen LogP contribution is -2.24. The zero-order chi connectivity index (χ0) is 15.1. The van der Waals surface area contributed by atoms with Crippen LogP contribution in [0.1, 0.15) is 31.9 Å². The maximum absolute atomic E-state index is 11.3. The first kappa shape index (κ1) is 15.9. The number of carbonyl (C=O) groups excluding carboxylic acids is 1.